The average molecular weight is 388 g/mol. The molecule has 7 nitrogen and oxygen atoms in total. The van der Waals surface area contributed by atoms with E-state index in [4.69, 9.17) is 4.98 Å². The second-order valence-electron chi connectivity index (χ2n) is 7.91. The lowest BCUT2D eigenvalue weighted by Crippen LogP contribution is -2.17. The highest BCUT2D eigenvalue weighted by molar-refractivity contribution is 6.11. The van der Waals surface area contributed by atoms with Crippen molar-refractivity contribution in [3.63, 3.8) is 0 Å². The quantitative estimate of drug-likeness (QED) is 0.546. The lowest BCUT2D eigenvalue weighted by molar-refractivity contribution is 0.102. The summed E-state index contributed by atoms with van der Waals surface area (Å²) in [6.45, 7) is 6.91. The second-order valence-corrected chi connectivity index (χ2v) is 7.91. The number of nitrogens with one attached hydrogen (secondary N) is 1. The number of amides is 1. The van der Waals surface area contributed by atoms with Crippen LogP contribution in [-0.2, 0) is 6.54 Å². The fraction of sp³-hybridized carbons (Fsp3) is 0.364. The first-order valence-electron chi connectivity index (χ1n) is 10.2. The molecular weight excluding hydrogens is 364 g/mol. The number of carbonyl (C=O) groups excluding carboxylic acids is 1. The molecule has 0 unspecified atom stereocenters. The number of anilines is 1. The van der Waals surface area contributed by atoms with Gasteiger partial charge in [0.1, 0.15) is 0 Å². The van der Waals surface area contributed by atoms with Gasteiger partial charge in [-0.1, -0.05) is 12.1 Å². The molecule has 0 radical (unpaired) electrons. The number of aromatic nitrogens is 5. The van der Waals surface area contributed by atoms with Gasteiger partial charge < -0.3 is 4.57 Å². The number of imidazole rings is 1. The van der Waals surface area contributed by atoms with Gasteiger partial charge in [-0.25, -0.2) is 14.6 Å². The van der Waals surface area contributed by atoms with Crippen LogP contribution in [0.1, 0.15) is 61.6 Å². The number of hydrogen-bond acceptors (Lipinski definition) is 4. The monoisotopic (exact) mass is 388 g/mol. The largest absolute Gasteiger partial charge is 0.310 e. The molecule has 1 aromatic carbocycles. The van der Waals surface area contributed by atoms with Crippen LogP contribution in [0.25, 0.3) is 22.1 Å². The van der Waals surface area contributed by atoms with Crippen LogP contribution in [0.3, 0.4) is 0 Å². The highest BCUT2D eigenvalue weighted by Gasteiger charge is 2.28. The van der Waals surface area contributed by atoms with Crippen molar-refractivity contribution in [2.75, 3.05) is 5.32 Å². The number of hydrogen-bond donors (Lipinski definition) is 1. The Bertz CT molecular complexity index is 1230. The van der Waals surface area contributed by atoms with Crippen molar-refractivity contribution in [1.82, 2.24) is 24.3 Å². The Hall–Kier alpha value is -3.22. The van der Waals surface area contributed by atoms with Crippen LogP contribution >= 0.6 is 0 Å². The number of rotatable bonds is 5. The molecule has 0 saturated heterocycles. The zero-order valence-electron chi connectivity index (χ0n) is 16.9. The van der Waals surface area contributed by atoms with Gasteiger partial charge in [-0.15, -0.1) is 0 Å². The van der Waals surface area contributed by atoms with E-state index < -0.39 is 0 Å². The van der Waals surface area contributed by atoms with E-state index in [9.17, 15) is 4.79 Å². The molecule has 0 spiro atoms. The number of nitrogens with zero attached hydrogens (tertiary/aromatic N) is 5. The van der Waals surface area contributed by atoms with Gasteiger partial charge in [0.2, 0.25) is 5.95 Å². The lowest BCUT2D eigenvalue weighted by Gasteiger charge is -2.11. The molecule has 29 heavy (non-hydrogen) atoms. The molecule has 7 heteroatoms. The highest BCUT2D eigenvalue weighted by Crippen LogP contribution is 2.40. The minimum absolute atomic E-state index is 0.174. The summed E-state index contributed by atoms with van der Waals surface area (Å²) in [7, 11) is 0. The smallest absolute Gasteiger partial charge is 0.258 e. The van der Waals surface area contributed by atoms with Crippen LogP contribution in [0.15, 0.2) is 36.5 Å². The Morgan fingerprint density at radius 3 is 2.76 bits per heavy atom. The van der Waals surface area contributed by atoms with Crippen molar-refractivity contribution in [3.05, 3.63) is 47.8 Å². The van der Waals surface area contributed by atoms with Crippen molar-refractivity contribution in [1.29, 1.82) is 0 Å². The third kappa shape index (κ3) is 2.97. The zero-order chi connectivity index (χ0) is 20.1. The predicted molar refractivity (Wildman–Crippen MR) is 113 cm³/mol. The molecule has 3 heterocycles. The van der Waals surface area contributed by atoms with Gasteiger partial charge in [0.15, 0.2) is 5.65 Å². The standard InChI is InChI=1S/C22H24N6O/c1-4-27-19-8-6-5-7-17(19)25-22(27)26-21(29)15-11-18(14-9-10-14)24-20-16(15)12-23-28(20)13(2)3/h5-8,11-14H,4,9-10H2,1-3H3,(H,25,26,29). The Kier molecular flexibility index (Phi) is 4.12. The van der Waals surface area contributed by atoms with Gasteiger partial charge in [0.05, 0.1) is 28.2 Å². The summed E-state index contributed by atoms with van der Waals surface area (Å²) in [6.07, 6.45) is 4.00. The highest BCUT2D eigenvalue weighted by atomic mass is 16.1. The SMILES string of the molecule is CCn1c(NC(=O)c2cc(C3CC3)nc3c2cnn3C(C)C)nc2ccccc21. The van der Waals surface area contributed by atoms with E-state index in [1.807, 2.05) is 46.5 Å². The molecule has 1 aliphatic rings. The predicted octanol–water partition coefficient (Wildman–Crippen LogP) is 4.51. The second kappa shape index (κ2) is 6.69. The molecule has 1 aliphatic carbocycles. The molecule has 1 fully saturated rings. The molecule has 4 aromatic rings. The Labute approximate surface area is 168 Å². The minimum Gasteiger partial charge on any atom is -0.310 e. The molecule has 0 aliphatic heterocycles. The van der Waals surface area contributed by atoms with E-state index >= 15 is 0 Å². The van der Waals surface area contributed by atoms with Gasteiger partial charge in [0, 0.05) is 24.2 Å². The number of aryl methyl sites for hydroxylation is 1. The van der Waals surface area contributed by atoms with Crippen LogP contribution < -0.4 is 5.32 Å². The molecule has 1 N–H and O–H groups in total. The summed E-state index contributed by atoms with van der Waals surface area (Å²) >= 11 is 0. The van der Waals surface area contributed by atoms with Crippen molar-refractivity contribution < 1.29 is 4.79 Å². The van der Waals surface area contributed by atoms with Crippen LogP contribution in [0.2, 0.25) is 0 Å². The van der Waals surface area contributed by atoms with Gasteiger partial charge in [-0.2, -0.15) is 5.10 Å². The Morgan fingerprint density at radius 2 is 2.03 bits per heavy atom. The first-order valence-corrected chi connectivity index (χ1v) is 10.2. The van der Waals surface area contributed by atoms with Crippen LogP contribution in [0.4, 0.5) is 5.95 Å². The van der Waals surface area contributed by atoms with Gasteiger partial charge in [0.25, 0.3) is 5.91 Å². The molecule has 0 atom stereocenters. The first-order chi connectivity index (χ1) is 14.1. The van der Waals surface area contributed by atoms with E-state index in [2.05, 4.69) is 29.2 Å². The molecule has 1 saturated carbocycles. The van der Waals surface area contributed by atoms with Crippen molar-refractivity contribution in [2.24, 2.45) is 0 Å². The van der Waals surface area contributed by atoms with Crippen molar-refractivity contribution in [3.8, 4) is 0 Å². The summed E-state index contributed by atoms with van der Waals surface area (Å²) in [6, 6.07) is 10.0. The molecule has 1 amide bonds. The number of benzene rings is 1. The van der Waals surface area contributed by atoms with Crippen molar-refractivity contribution in [2.45, 2.75) is 52.1 Å². The van der Waals surface area contributed by atoms with E-state index in [1.54, 1.807) is 6.20 Å². The lowest BCUT2D eigenvalue weighted by atomic mass is 10.1. The van der Waals surface area contributed by atoms with Crippen LogP contribution in [0.5, 0.6) is 0 Å². The van der Waals surface area contributed by atoms with E-state index in [-0.39, 0.29) is 11.9 Å². The average Bonchev–Trinajstić information content (AvgIpc) is 3.37. The van der Waals surface area contributed by atoms with Crippen molar-refractivity contribution >= 4 is 33.9 Å². The fourth-order valence-corrected chi connectivity index (χ4v) is 3.85. The van der Waals surface area contributed by atoms with Gasteiger partial charge in [-0.05, 0) is 51.8 Å². The maximum atomic E-state index is 13.3. The first kappa shape index (κ1) is 17.8. The third-order valence-corrected chi connectivity index (χ3v) is 5.51. The van der Waals surface area contributed by atoms with Crippen LogP contribution in [-0.4, -0.2) is 30.2 Å². The number of carbonyl (C=O) groups is 1. The molecule has 0 bridgehead atoms. The van der Waals surface area contributed by atoms with E-state index in [0.29, 0.717) is 17.4 Å². The molecule has 3 aromatic heterocycles. The van der Waals surface area contributed by atoms with Gasteiger partial charge in [-0.3, -0.25) is 10.1 Å². The van der Waals surface area contributed by atoms with E-state index in [0.717, 1.165) is 47.1 Å². The van der Waals surface area contributed by atoms with Gasteiger partial charge >= 0.3 is 0 Å². The normalized spacial score (nSPS) is 14.2. The minimum atomic E-state index is -0.174. The molecule has 148 valence electrons. The summed E-state index contributed by atoms with van der Waals surface area (Å²) in [5.74, 6) is 0.835. The summed E-state index contributed by atoms with van der Waals surface area (Å²) in [5, 5.41) is 8.30. The summed E-state index contributed by atoms with van der Waals surface area (Å²) < 4.78 is 3.91. The third-order valence-electron chi connectivity index (χ3n) is 5.51. The zero-order valence-corrected chi connectivity index (χ0v) is 16.9. The summed E-state index contributed by atoms with van der Waals surface area (Å²) in [4.78, 5) is 22.8. The molecule has 5 rings (SSSR count). The number of pyridine rings is 1. The number of para-hydroxylation sites is 2. The fourth-order valence-electron chi connectivity index (χ4n) is 3.85. The summed E-state index contributed by atoms with van der Waals surface area (Å²) in [5.41, 5.74) is 4.25. The maximum Gasteiger partial charge on any atom is 0.258 e. The maximum absolute atomic E-state index is 13.3. The van der Waals surface area contributed by atoms with Crippen LogP contribution in [0, 0.1) is 0 Å². The topological polar surface area (TPSA) is 77.6 Å². The molecular formula is C22H24N6O. The Balaban J connectivity index is 1.59. The Morgan fingerprint density at radius 1 is 1.24 bits per heavy atom. The number of fused-ring (bicyclic) bond motifs is 2. The van der Waals surface area contributed by atoms with E-state index in [1.165, 1.54) is 0 Å².